The van der Waals surface area contributed by atoms with Gasteiger partial charge in [-0.05, 0) is 12.5 Å². The maximum atomic E-state index is 5.68. The monoisotopic (exact) mass is 181 g/mol. The average Bonchev–Trinajstić information content (AvgIpc) is 2.52. The Morgan fingerprint density at radius 1 is 1.31 bits per heavy atom. The molecule has 3 nitrogen and oxygen atoms in total. The van der Waals surface area contributed by atoms with Crippen molar-refractivity contribution in [2.24, 2.45) is 0 Å². The minimum atomic E-state index is 0.774. The first kappa shape index (κ1) is 10.1. The normalized spacial score (nSPS) is 10.5. The van der Waals surface area contributed by atoms with E-state index in [1.807, 2.05) is 10.7 Å². The van der Waals surface area contributed by atoms with Gasteiger partial charge in [-0.25, -0.2) is 0 Å². The Morgan fingerprint density at radius 2 is 2.08 bits per heavy atom. The van der Waals surface area contributed by atoms with Crippen molar-refractivity contribution in [2.45, 2.75) is 45.6 Å². The summed E-state index contributed by atoms with van der Waals surface area (Å²) in [5.74, 6) is 0.774. The zero-order valence-corrected chi connectivity index (χ0v) is 8.37. The van der Waals surface area contributed by atoms with Crippen LogP contribution in [-0.4, -0.2) is 9.78 Å². The molecule has 0 bridgehead atoms. The third-order valence-electron chi connectivity index (χ3n) is 2.22. The lowest BCUT2D eigenvalue weighted by molar-refractivity contribution is 0.538. The molecule has 3 heteroatoms. The van der Waals surface area contributed by atoms with Gasteiger partial charge in [0.1, 0.15) is 5.82 Å². The maximum absolute atomic E-state index is 5.68. The number of nitrogen functional groups attached to an aromatic ring is 1. The summed E-state index contributed by atoms with van der Waals surface area (Å²) in [6.07, 6.45) is 8.19. The highest BCUT2D eigenvalue weighted by molar-refractivity contribution is 5.25. The molecule has 2 N–H and O–H groups in total. The Labute approximate surface area is 79.9 Å². The van der Waals surface area contributed by atoms with Crippen molar-refractivity contribution in [3.05, 3.63) is 12.3 Å². The highest BCUT2D eigenvalue weighted by Gasteiger charge is 1.96. The molecule has 0 aliphatic heterocycles. The van der Waals surface area contributed by atoms with Crippen LogP contribution >= 0.6 is 0 Å². The molecule has 0 aliphatic rings. The quantitative estimate of drug-likeness (QED) is 0.685. The van der Waals surface area contributed by atoms with Gasteiger partial charge < -0.3 is 5.73 Å². The van der Waals surface area contributed by atoms with Crippen LogP contribution in [0, 0.1) is 0 Å². The van der Waals surface area contributed by atoms with E-state index in [0.717, 1.165) is 12.4 Å². The first-order chi connectivity index (χ1) is 6.34. The Morgan fingerprint density at radius 3 is 2.69 bits per heavy atom. The Kier molecular flexibility index (Phi) is 4.36. The fourth-order valence-electron chi connectivity index (χ4n) is 1.39. The minimum Gasteiger partial charge on any atom is -0.384 e. The first-order valence-electron chi connectivity index (χ1n) is 5.12. The largest absolute Gasteiger partial charge is 0.384 e. The van der Waals surface area contributed by atoms with E-state index >= 15 is 0 Å². The third-order valence-corrected chi connectivity index (χ3v) is 2.22. The minimum absolute atomic E-state index is 0.774. The van der Waals surface area contributed by atoms with Crippen LogP contribution in [0.5, 0.6) is 0 Å². The average molecular weight is 181 g/mol. The molecule has 0 fully saturated rings. The van der Waals surface area contributed by atoms with Gasteiger partial charge in [0.2, 0.25) is 0 Å². The van der Waals surface area contributed by atoms with Gasteiger partial charge in [-0.2, -0.15) is 5.10 Å². The summed E-state index contributed by atoms with van der Waals surface area (Å²) >= 11 is 0. The molecule has 0 atom stereocenters. The summed E-state index contributed by atoms with van der Waals surface area (Å²) in [6.45, 7) is 3.19. The zero-order valence-electron chi connectivity index (χ0n) is 8.37. The van der Waals surface area contributed by atoms with E-state index in [9.17, 15) is 0 Å². The smallest absolute Gasteiger partial charge is 0.121 e. The SMILES string of the molecule is CCCCCCCn1nccc1N. The molecule has 0 aliphatic carbocycles. The van der Waals surface area contributed by atoms with E-state index in [1.54, 1.807) is 6.20 Å². The number of rotatable bonds is 6. The summed E-state index contributed by atoms with van der Waals surface area (Å²) in [6, 6.07) is 1.84. The second-order valence-electron chi connectivity index (χ2n) is 3.39. The van der Waals surface area contributed by atoms with Crippen molar-refractivity contribution in [2.75, 3.05) is 5.73 Å². The third kappa shape index (κ3) is 3.49. The number of nitrogens with zero attached hydrogens (tertiary/aromatic N) is 2. The van der Waals surface area contributed by atoms with Crippen LogP contribution < -0.4 is 5.73 Å². The van der Waals surface area contributed by atoms with Crippen molar-refractivity contribution >= 4 is 5.82 Å². The molecular formula is C10H19N3. The van der Waals surface area contributed by atoms with Gasteiger partial charge in [-0.15, -0.1) is 0 Å². The highest BCUT2D eigenvalue weighted by Crippen LogP contribution is 2.06. The Balaban J connectivity index is 2.10. The van der Waals surface area contributed by atoms with Crippen molar-refractivity contribution in [3.63, 3.8) is 0 Å². The summed E-state index contributed by atoms with van der Waals surface area (Å²) in [4.78, 5) is 0. The van der Waals surface area contributed by atoms with Crippen LogP contribution in [0.15, 0.2) is 12.3 Å². The molecule has 0 radical (unpaired) electrons. The molecular weight excluding hydrogens is 162 g/mol. The van der Waals surface area contributed by atoms with Crippen LogP contribution in [0.2, 0.25) is 0 Å². The Hall–Kier alpha value is -0.990. The van der Waals surface area contributed by atoms with Crippen molar-refractivity contribution in [1.29, 1.82) is 0 Å². The van der Waals surface area contributed by atoms with Crippen LogP contribution in [-0.2, 0) is 6.54 Å². The van der Waals surface area contributed by atoms with E-state index in [4.69, 9.17) is 5.73 Å². The second-order valence-corrected chi connectivity index (χ2v) is 3.39. The van der Waals surface area contributed by atoms with Gasteiger partial charge in [0.15, 0.2) is 0 Å². The molecule has 1 heterocycles. The van der Waals surface area contributed by atoms with E-state index in [0.29, 0.717) is 0 Å². The summed E-state index contributed by atoms with van der Waals surface area (Å²) in [5.41, 5.74) is 5.68. The van der Waals surface area contributed by atoms with Gasteiger partial charge >= 0.3 is 0 Å². The molecule has 0 saturated carbocycles. The van der Waals surface area contributed by atoms with E-state index < -0.39 is 0 Å². The molecule has 74 valence electrons. The summed E-state index contributed by atoms with van der Waals surface area (Å²) in [7, 11) is 0. The molecule has 1 rings (SSSR count). The number of aryl methyl sites for hydroxylation is 1. The van der Waals surface area contributed by atoms with Crippen molar-refractivity contribution in [1.82, 2.24) is 9.78 Å². The molecule has 0 saturated heterocycles. The van der Waals surface area contributed by atoms with Crippen molar-refractivity contribution < 1.29 is 0 Å². The molecule has 0 aromatic carbocycles. The number of hydrogen-bond acceptors (Lipinski definition) is 2. The second kappa shape index (κ2) is 5.62. The molecule has 0 unspecified atom stereocenters. The number of anilines is 1. The summed E-state index contributed by atoms with van der Waals surface area (Å²) < 4.78 is 1.87. The maximum Gasteiger partial charge on any atom is 0.121 e. The van der Waals surface area contributed by atoms with Crippen LogP contribution in [0.25, 0.3) is 0 Å². The predicted molar refractivity (Wildman–Crippen MR) is 55.4 cm³/mol. The van der Waals surface area contributed by atoms with Gasteiger partial charge in [0.25, 0.3) is 0 Å². The van der Waals surface area contributed by atoms with E-state index in [2.05, 4.69) is 12.0 Å². The molecule has 13 heavy (non-hydrogen) atoms. The molecule has 0 spiro atoms. The fourth-order valence-corrected chi connectivity index (χ4v) is 1.39. The van der Waals surface area contributed by atoms with Gasteiger partial charge in [0.05, 0.1) is 6.20 Å². The van der Waals surface area contributed by atoms with Gasteiger partial charge in [-0.3, -0.25) is 4.68 Å². The lowest BCUT2D eigenvalue weighted by Crippen LogP contribution is -2.04. The predicted octanol–water partition coefficient (Wildman–Crippen LogP) is 2.44. The van der Waals surface area contributed by atoms with E-state index in [-0.39, 0.29) is 0 Å². The molecule has 1 aromatic rings. The van der Waals surface area contributed by atoms with Crippen LogP contribution in [0.4, 0.5) is 5.82 Å². The first-order valence-corrected chi connectivity index (χ1v) is 5.12. The molecule has 0 amide bonds. The fraction of sp³-hybridized carbons (Fsp3) is 0.700. The lowest BCUT2D eigenvalue weighted by atomic mass is 10.1. The van der Waals surface area contributed by atoms with Gasteiger partial charge in [0, 0.05) is 6.54 Å². The van der Waals surface area contributed by atoms with Crippen LogP contribution in [0.1, 0.15) is 39.0 Å². The van der Waals surface area contributed by atoms with E-state index in [1.165, 1.54) is 32.1 Å². The standard InChI is InChI=1S/C10H19N3/c1-2-3-4-5-6-9-13-10(11)7-8-12-13/h7-8H,2-6,9,11H2,1H3. The number of unbranched alkanes of at least 4 members (excludes halogenated alkanes) is 4. The van der Waals surface area contributed by atoms with Gasteiger partial charge in [-0.1, -0.05) is 32.6 Å². The highest BCUT2D eigenvalue weighted by atomic mass is 15.3. The number of nitrogens with two attached hydrogens (primary N) is 1. The topological polar surface area (TPSA) is 43.8 Å². The van der Waals surface area contributed by atoms with Crippen LogP contribution in [0.3, 0.4) is 0 Å². The lowest BCUT2D eigenvalue weighted by Gasteiger charge is -2.03. The van der Waals surface area contributed by atoms with Crippen molar-refractivity contribution in [3.8, 4) is 0 Å². The number of aromatic nitrogens is 2. The summed E-state index contributed by atoms with van der Waals surface area (Å²) in [5, 5.41) is 4.13. The molecule has 1 aromatic heterocycles. The zero-order chi connectivity index (χ0) is 9.52. The number of hydrogen-bond donors (Lipinski definition) is 1. The Bertz CT molecular complexity index is 230.